The summed E-state index contributed by atoms with van der Waals surface area (Å²) in [5.41, 5.74) is 1.13. The smallest absolute Gasteiger partial charge is 0.328 e. The summed E-state index contributed by atoms with van der Waals surface area (Å²) in [5, 5.41) is 11.7. The molecule has 0 saturated heterocycles. The van der Waals surface area contributed by atoms with Crippen LogP contribution < -0.4 is 5.32 Å². The van der Waals surface area contributed by atoms with Crippen molar-refractivity contribution in [3.63, 3.8) is 0 Å². The van der Waals surface area contributed by atoms with E-state index in [0.29, 0.717) is 5.56 Å². The lowest BCUT2D eigenvalue weighted by molar-refractivity contribution is -0.140. The van der Waals surface area contributed by atoms with Crippen LogP contribution in [0.4, 0.5) is 0 Å². The molecule has 0 radical (unpaired) electrons. The highest BCUT2D eigenvalue weighted by molar-refractivity contribution is 5.98. The molecule has 5 nitrogen and oxygen atoms in total. The molecule has 2 N–H and O–H groups in total. The number of amides is 1. The maximum Gasteiger partial charge on any atom is 0.328 e. The van der Waals surface area contributed by atoms with Gasteiger partial charge in [0.15, 0.2) is 6.04 Å². The van der Waals surface area contributed by atoms with Crippen molar-refractivity contribution in [3.8, 4) is 0 Å². The predicted molar refractivity (Wildman–Crippen MR) is 85.0 cm³/mol. The first-order valence-corrected chi connectivity index (χ1v) is 7.09. The highest BCUT2D eigenvalue weighted by Gasteiger charge is 2.25. The van der Waals surface area contributed by atoms with Gasteiger partial charge in [-0.2, -0.15) is 0 Å². The molecule has 0 saturated carbocycles. The summed E-state index contributed by atoms with van der Waals surface area (Å²) in [6.45, 7) is 9.62. The Hall–Kier alpha value is -2.14. The second-order valence-corrected chi connectivity index (χ2v) is 5.99. The molecule has 1 amide bonds. The molecule has 0 spiro atoms. The molecule has 0 heterocycles. The Morgan fingerprint density at radius 3 is 2.55 bits per heavy atom. The van der Waals surface area contributed by atoms with Crippen LogP contribution in [0, 0.1) is 0 Å². The Labute approximate surface area is 131 Å². The fourth-order valence-corrected chi connectivity index (χ4v) is 2.02. The first kappa shape index (κ1) is 17.9. The number of carboxylic acids is 1. The molecule has 0 aliphatic rings. The van der Waals surface area contributed by atoms with E-state index in [2.05, 4.69) is 11.9 Å². The van der Waals surface area contributed by atoms with E-state index in [4.69, 9.17) is 4.74 Å². The molecule has 0 bridgehead atoms. The molecule has 1 aromatic carbocycles. The van der Waals surface area contributed by atoms with Gasteiger partial charge >= 0.3 is 5.97 Å². The fraction of sp³-hybridized carbons (Fsp3) is 0.412. The van der Waals surface area contributed by atoms with Gasteiger partial charge in [-0.15, -0.1) is 6.58 Å². The van der Waals surface area contributed by atoms with E-state index in [1.165, 1.54) is 6.08 Å². The topological polar surface area (TPSA) is 75.6 Å². The van der Waals surface area contributed by atoms with Crippen LogP contribution >= 0.6 is 0 Å². The molecule has 0 fully saturated rings. The molecule has 0 aliphatic carbocycles. The van der Waals surface area contributed by atoms with Gasteiger partial charge in [0.25, 0.3) is 5.91 Å². The largest absolute Gasteiger partial charge is 0.480 e. The van der Waals surface area contributed by atoms with Crippen molar-refractivity contribution in [2.45, 2.75) is 32.2 Å². The van der Waals surface area contributed by atoms with Crippen LogP contribution in [0.3, 0.4) is 0 Å². The SMILES string of the molecule is C=CCOCC(NC(=O)c1ccccc1C(C)(C)C)C(=O)O. The highest BCUT2D eigenvalue weighted by atomic mass is 16.5. The van der Waals surface area contributed by atoms with Gasteiger partial charge < -0.3 is 15.2 Å². The molecule has 0 aromatic heterocycles. The number of benzene rings is 1. The normalized spacial score (nSPS) is 12.5. The van der Waals surface area contributed by atoms with Crippen LogP contribution in [0.2, 0.25) is 0 Å². The van der Waals surface area contributed by atoms with Crippen molar-refractivity contribution >= 4 is 11.9 Å². The first-order valence-electron chi connectivity index (χ1n) is 7.09. The minimum atomic E-state index is -1.13. The molecule has 1 rings (SSSR count). The maximum absolute atomic E-state index is 12.4. The highest BCUT2D eigenvalue weighted by Crippen LogP contribution is 2.25. The monoisotopic (exact) mass is 305 g/mol. The van der Waals surface area contributed by atoms with Crippen molar-refractivity contribution in [1.82, 2.24) is 5.32 Å². The molecule has 1 unspecified atom stereocenters. The summed E-state index contributed by atoms with van der Waals surface area (Å²) in [6, 6.07) is 6.09. The zero-order valence-corrected chi connectivity index (χ0v) is 13.3. The summed E-state index contributed by atoms with van der Waals surface area (Å²) < 4.78 is 5.13. The Morgan fingerprint density at radius 2 is 2.00 bits per heavy atom. The van der Waals surface area contributed by atoms with Crippen LogP contribution in [0.15, 0.2) is 36.9 Å². The zero-order chi connectivity index (χ0) is 16.8. The van der Waals surface area contributed by atoms with E-state index < -0.39 is 17.9 Å². The van der Waals surface area contributed by atoms with Gasteiger partial charge in [-0.1, -0.05) is 45.0 Å². The van der Waals surface area contributed by atoms with E-state index >= 15 is 0 Å². The second-order valence-electron chi connectivity index (χ2n) is 5.99. The van der Waals surface area contributed by atoms with Crippen molar-refractivity contribution < 1.29 is 19.4 Å². The Bertz CT molecular complexity index is 546. The summed E-state index contributed by atoms with van der Waals surface area (Å²) in [7, 11) is 0. The predicted octanol–water partition coefficient (Wildman–Crippen LogP) is 2.37. The van der Waals surface area contributed by atoms with Gasteiger partial charge in [0, 0.05) is 5.56 Å². The summed E-state index contributed by atoms with van der Waals surface area (Å²) in [5.74, 6) is -1.55. The van der Waals surface area contributed by atoms with Gasteiger partial charge in [-0.3, -0.25) is 4.79 Å². The van der Waals surface area contributed by atoms with E-state index in [0.717, 1.165) is 5.56 Å². The van der Waals surface area contributed by atoms with E-state index in [1.54, 1.807) is 12.1 Å². The zero-order valence-electron chi connectivity index (χ0n) is 13.3. The van der Waals surface area contributed by atoms with E-state index in [9.17, 15) is 14.7 Å². The summed E-state index contributed by atoms with van der Waals surface area (Å²) in [4.78, 5) is 23.6. The van der Waals surface area contributed by atoms with Gasteiger partial charge in [-0.05, 0) is 17.0 Å². The van der Waals surface area contributed by atoms with Gasteiger partial charge in [0.1, 0.15) is 0 Å². The number of rotatable bonds is 7. The number of carboxylic acid groups (broad SMARTS) is 1. The van der Waals surface area contributed by atoms with Gasteiger partial charge in [0.05, 0.1) is 13.2 Å². The first-order chi connectivity index (χ1) is 10.3. The number of ether oxygens (including phenoxy) is 1. The van der Waals surface area contributed by atoms with Crippen LogP contribution in [-0.2, 0) is 14.9 Å². The van der Waals surface area contributed by atoms with Crippen molar-refractivity contribution in [1.29, 1.82) is 0 Å². The fourth-order valence-electron chi connectivity index (χ4n) is 2.02. The maximum atomic E-state index is 12.4. The Morgan fingerprint density at radius 1 is 1.36 bits per heavy atom. The lowest BCUT2D eigenvalue weighted by Crippen LogP contribution is -2.44. The molecule has 120 valence electrons. The quantitative estimate of drug-likeness (QED) is 0.599. The average molecular weight is 305 g/mol. The van der Waals surface area contributed by atoms with Gasteiger partial charge in [-0.25, -0.2) is 4.79 Å². The molecule has 22 heavy (non-hydrogen) atoms. The molecule has 1 atom stereocenters. The third-order valence-corrected chi connectivity index (χ3v) is 3.10. The number of carbonyl (C=O) groups excluding carboxylic acids is 1. The second kappa shape index (κ2) is 7.75. The number of aliphatic carboxylic acids is 1. The van der Waals surface area contributed by atoms with Gasteiger partial charge in [0.2, 0.25) is 0 Å². The summed E-state index contributed by atoms with van der Waals surface area (Å²) in [6.07, 6.45) is 1.52. The van der Waals surface area contributed by atoms with Crippen molar-refractivity contribution in [2.24, 2.45) is 0 Å². The standard InChI is InChI=1S/C17H23NO4/c1-5-10-22-11-14(16(20)21)18-15(19)12-8-6-7-9-13(12)17(2,3)4/h5-9,14H,1,10-11H2,2-4H3,(H,18,19)(H,20,21). The molecular weight excluding hydrogens is 282 g/mol. The van der Waals surface area contributed by atoms with Crippen LogP contribution in [0.5, 0.6) is 0 Å². The summed E-state index contributed by atoms with van der Waals surface area (Å²) >= 11 is 0. The molecule has 1 aromatic rings. The lowest BCUT2D eigenvalue weighted by atomic mass is 9.83. The number of carbonyl (C=O) groups is 2. The van der Waals surface area contributed by atoms with Crippen LogP contribution in [0.25, 0.3) is 0 Å². The van der Waals surface area contributed by atoms with Crippen LogP contribution in [0.1, 0.15) is 36.7 Å². The number of hydrogen-bond acceptors (Lipinski definition) is 3. The van der Waals surface area contributed by atoms with Crippen molar-refractivity contribution in [2.75, 3.05) is 13.2 Å². The number of hydrogen-bond donors (Lipinski definition) is 2. The Balaban J connectivity index is 2.91. The van der Waals surface area contributed by atoms with Crippen molar-refractivity contribution in [3.05, 3.63) is 48.0 Å². The van der Waals surface area contributed by atoms with E-state index in [1.807, 2.05) is 32.9 Å². The minimum absolute atomic E-state index is 0.106. The van der Waals surface area contributed by atoms with E-state index in [-0.39, 0.29) is 18.6 Å². The van der Waals surface area contributed by atoms with Crippen LogP contribution in [-0.4, -0.2) is 36.2 Å². The molecule has 5 heteroatoms. The lowest BCUT2D eigenvalue weighted by Gasteiger charge is -2.23. The molecule has 0 aliphatic heterocycles. The Kier molecular flexibility index (Phi) is 6.31. The third-order valence-electron chi connectivity index (χ3n) is 3.10. The average Bonchev–Trinajstić information content (AvgIpc) is 2.45. The minimum Gasteiger partial charge on any atom is -0.480 e. The third kappa shape index (κ3) is 5.00. The molecular formula is C17H23NO4. The number of nitrogens with one attached hydrogen (secondary N) is 1.